The van der Waals surface area contributed by atoms with Gasteiger partial charge in [0.2, 0.25) is 11.8 Å². The Hall–Kier alpha value is -3.46. The standard InChI is InChI=1S/C27H32FN3O5/c1-35-21-11-7-18(8-12-21)22-17-24(22)29-25(32)4-2-3-23(27(34)31-13-15-36-16-14-31)30-26(33)19-5-9-20(28)10-6-19/h5-12,22-24H,2-4,13-17H2,1H3,(H,29,32)(H,30,33)/t22-,23-,24+/m0/s1. The molecule has 3 atom stereocenters. The van der Waals surface area contributed by atoms with Gasteiger partial charge in [0, 0.05) is 37.0 Å². The van der Waals surface area contributed by atoms with E-state index in [0.717, 1.165) is 12.2 Å². The highest BCUT2D eigenvalue weighted by molar-refractivity contribution is 5.97. The summed E-state index contributed by atoms with van der Waals surface area (Å²) in [6.07, 6.45) is 1.91. The number of morpholine rings is 1. The lowest BCUT2D eigenvalue weighted by Gasteiger charge is -2.30. The van der Waals surface area contributed by atoms with Crippen LogP contribution in [0.15, 0.2) is 48.5 Å². The molecule has 0 unspecified atom stereocenters. The van der Waals surface area contributed by atoms with Gasteiger partial charge in [-0.3, -0.25) is 14.4 Å². The number of carbonyl (C=O) groups is 3. The van der Waals surface area contributed by atoms with Crippen molar-refractivity contribution in [2.75, 3.05) is 33.4 Å². The number of rotatable bonds is 10. The van der Waals surface area contributed by atoms with Crippen molar-refractivity contribution in [1.82, 2.24) is 15.5 Å². The zero-order chi connectivity index (χ0) is 25.5. The first-order valence-corrected chi connectivity index (χ1v) is 12.3. The number of nitrogens with one attached hydrogen (secondary N) is 2. The highest BCUT2D eigenvalue weighted by atomic mass is 19.1. The summed E-state index contributed by atoms with van der Waals surface area (Å²) in [4.78, 5) is 40.0. The van der Waals surface area contributed by atoms with Gasteiger partial charge in [-0.05, 0) is 61.2 Å². The fourth-order valence-electron chi connectivity index (χ4n) is 4.42. The third kappa shape index (κ3) is 6.81. The number of benzene rings is 2. The summed E-state index contributed by atoms with van der Waals surface area (Å²) in [5, 5.41) is 5.84. The van der Waals surface area contributed by atoms with Gasteiger partial charge in [0.1, 0.15) is 17.6 Å². The minimum absolute atomic E-state index is 0.0709. The first kappa shape index (κ1) is 25.6. The van der Waals surface area contributed by atoms with Gasteiger partial charge in [0.25, 0.3) is 5.91 Å². The summed E-state index contributed by atoms with van der Waals surface area (Å²) in [7, 11) is 1.63. The predicted octanol–water partition coefficient (Wildman–Crippen LogP) is 2.63. The molecule has 4 rings (SSSR count). The Morgan fingerprint density at radius 3 is 2.44 bits per heavy atom. The molecule has 192 valence electrons. The van der Waals surface area contributed by atoms with E-state index in [2.05, 4.69) is 10.6 Å². The first-order valence-electron chi connectivity index (χ1n) is 12.3. The number of hydrogen-bond acceptors (Lipinski definition) is 5. The van der Waals surface area contributed by atoms with Crippen molar-refractivity contribution in [3.8, 4) is 5.75 Å². The second-order valence-corrected chi connectivity index (χ2v) is 9.15. The SMILES string of the molecule is COc1ccc([C@@H]2C[C@H]2NC(=O)CCC[C@H](NC(=O)c2ccc(F)cc2)C(=O)N2CCOCC2)cc1. The highest BCUT2D eigenvalue weighted by Gasteiger charge is 2.39. The second kappa shape index (κ2) is 12.0. The zero-order valence-corrected chi connectivity index (χ0v) is 20.4. The molecular formula is C27H32FN3O5. The smallest absolute Gasteiger partial charge is 0.251 e. The number of ether oxygens (including phenoxy) is 2. The van der Waals surface area contributed by atoms with Gasteiger partial charge in [-0.1, -0.05) is 12.1 Å². The summed E-state index contributed by atoms with van der Waals surface area (Å²) in [6, 6.07) is 12.4. The molecule has 0 radical (unpaired) electrons. The fourth-order valence-corrected chi connectivity index (χ4v) is 4.42. The van der Waals surface area contributed by atoms with Crippen molar-refractivity contribution in [1.29, 1.82) is 0 Å². The Morgan fingerprint density at radius 2 is 1.78 bits per heavy atom. The number of halogens is 1. The third-order valence-corrected chi connectivity index (χ3v) is 6.61. The van der Waals surface area contributed by atoms with E-state index < -0.39 is 17.8 Å². The van der Waals surface area contributed by atoms with Crippen LogP contribution in [0.4, 0.5) is 4.39 Å². The van der Waals surface area contributed by atoms with E-state index in [1.165, 1.54) is 29.8 Å². The number of methoxy groups -OCH3 is 1. The average Bonchev–Trinajstić information content (AvgIpc) is 3.67. The van der Waals surface area contributed by atoms with Gasteiger partial charge in [-0.25, -0.2) is 4.39 Å². The van der Waals surface area contributed by atoms with Crippen molar-refractivity contribution >= 4 is 17.7 Å². The van der Waals surface area contributed by atoms with Gasteiger partial charge < -0.3 is 25.0 Å². The maximum Gasteiger partial charge on any atom is 0.251 e. The lowest BCUT2D eigenvalue weighted by molar-refractivity contribution is -0.137. The predicted molar refractivity (Wildman–Crippen MR) is 131 cm³/mol. The van der Waals surface area contributed by atoms with Crippen molar-refractivity contribution in [3.05, 3.63) is 65.5 Å². The molecule has 3 amide bonds. The van der Waals surface area contributed by atoms with Crippen LogP contribution in [0.1, 0.15) is 47.5 Å². The van der Waals surface area contributed by atoms with Gasteiger partial charge in [0.05, 0.1) is 20.3 Å². The number of amides is 3. The summed E-state index contributed by atoms with van der Waals surface area (Å²) < 4.78 is 23.7. The van der Waals surface area contributed by atoms with Crippen LogP contribution in [-0.4, -0.2) is 68.1 Å². The normalized spacial score (nSPS) is 19.8. The quantitative estimate of drug-likeness (QED) is 0.526. The largest absolute Gasteiger partial charge is 0.497 e. The molecule has 36 heavy (non-hydrogen) atoms. The van der Waals surface area contributed by atoms with Crippen molar-refractivity contribution in [2.24, 2.45) is 0 Å². The maximum atomic E-state index is 13.2. The monoisotopic (exact) mass is 497 g/mol. The molecule has 8 nitrogen and oxygen atoms in total. The van der Waals surface area contributed by atoms with Crippen LogP contribution in [0.5, 0.6) is 5.75 Å². The topological polar surface area (TPSA) is 97.0 Å². The first-order chi connectivity index (χ1) is 17.4. The molecule has 2 aliphatic rings. The lowest BCUT2D eigenvalue weighted by atomic mass is 10.1. The van der Waals surface area contributed by atoms with Gasteiger partial charge in [-0.2, -0.15) is 0 Å². The molecule has 2 aromatic rings. The van der Waals surface area contributed by atoms with Crippen molar-refractivity contribution in [2.45, 2.75) is 43.7 Å². The fraction of sp³-hybridized carbons (Fsp3) is 0.444. The van der Waals surface area contributed by atoms with Crippen LogP contribution in [0.3, 0.4) is 0 Å². The van der Waals surface area contributed by atoms with E-state index in [1.54, 1.807) is 12.0 Å². The minimum Gasteiger partial charge on any atom is -0.497 e. The molecule has 0 spiro atoms. The molecular weight excluding hydrogens is 465 g/mol. The Labute approximate surface area is 210 Å². The molecule has 2 N–H and O–H groups in total. The van der Waals surface area contributed by atoms with Gasteiger partial charge in [-0.15, -0.1) is 0 Å². The van der Waals surface area contributed by atoms with E-state index in [9.17, 15) is 18.8 Å². The Morgan fingerprint density at radius 1 is 1.08 bits per heavy atom. The maximum absolute atomic E-state index is 13.2. The van der Waals surface area contributed by atoms with Crippen LogP contribution < -0.4 is 15.4 Å². The molecule has 1 saturated carbocycles. The van der Waals surface area contributed by atoms with Crippen LogP contribution in [0, 0.1) is 5.82 Å². The van der Waals surface area contributed by atoms with E-state index in [-0.39, 0.29) is 29.8 Å². The van der Waals surface area contributed by atoms with Crippen molar-refractivity contribution < 1.29 is 28.2 Å². The highest BCUT2D eigenvalue weighted by Crippen LogP contribution is 2.41. The average molecular weight is 498 g/mol. The summed E-state index contributed by atoms with van der Waals surface area (Å²) in [5.41, 5.74) is 1.44. The summed E-state index contributed by atoms with van der Waals surface area (Å²) in [5.74, 6) is -0.0673. The van der Waals surface area contributed by atoms with E-state index in [4.69, 9.17) is 9.47 Å². The van der Waals surface area contributed by atoms with E-state index >= 15 is 0 Å². The number of hydrogen-bond donors (Lipinski definition) is 2. The third-order valence-electron chi connectivity index (χ3n) is 6.61. The number of carbonyl (C=O) groups excluding carboxylic acids is 3. The molecule has 0 bridgehead atoms. The van der Waals surface area contributed by atoms with Gasteiger partial charge >= 0.3 is 0 Å². The van der Waals surface area contributed by atoms with Crippen LogP contribution >= 0.6 is 0 Å². The molecule has 1 heterocycles. The van der Waals surface area contributed by atoms with Crippen LogP contribution in [0.25, 0.3) is 0 Å². The molecule has 9 heteroatoms. The van der Waals surface area contributed by atoms with Crippen molar-refractivity contribution in [3.63, 3.8) is 0 Å². The Bertz CT molecular complexity index is 1050. The second-order valence-electron chi connectivity index (χ2n) is 9.15. The van der Waals surface area contributed by atoms with E-state index in [0.29, 0.717) is 45.1 Å². The Kier molecular flexibility index (Phi) is 8.53. The Balaban J connectivity index is 1.28. The molecule has 1 aliphatic carbocycles. The zero-order valence-electron chi connectivity index (χ0n) is 20.4. The minimum atomic E-state index is -0.776. The molecule has 2 fully saturated rings. The molecule has 0 aromatic heterocycles. The molecule has 1 aliphatic heterocycles. The molecule has 2 aromatic carbocycles. The van der Waals surface area contributed by atoms with Crippen LogP contribution in [-0.2, 0) is 14.3 Å². The molecule has 1 saturated heterocycles. The van der Waals surface area contributed by atoms with Crippen LogP contribution in [0.2, 0.25) is 0 Å². The summed E-state index contributed by atoms with van der Waals surface area (Å²) in [6.45, 7) is 1.81. The van der Waals surface area contributed by atoms with Gasteiger partial charge in [0.15, 0.2) is 0 Å². The lowest BCUT2D eigenvalue weighted by Crippen LogP contribution is -2.51. The summed E-state index contributed by atoms with van der Waals surface area (Å²) >= 11 is 0. The van der Waals surface area contributed by atoms with E-state index in [1.807, 2.05) is 24.3 Å². The number of nitrogens with zero attached hydrogens (tertiary/aromatic N) is 1.